The molecule has 1 aromatic rings. The SMILES string of the molecule is CCCn1nc(C)c(N)c1N1CC(=O)NC(=O)C1CC. The first-order valence-electron chi connectivity index (χ1n) is 6.92. The molecular formula is C13H21N5O2. The van der Waals surface area contributed by atoms with E-state index in [0.29, 0.717) is 24.5 Å². The monoisotopic (exact) mass is 279 g/mol. The fourth-order valence-electron chi connectivity index (χ4n) is 2.55. The maximum atomic E-state index is 12.0. The highest BCUT2D eigenvalue weighted by atomic mass is 16.2. The highest BCUT2D eigenvalue weighted by Gasteiger charge is 2.35. The molecule has 1 aliphatic rings. The van der Waals surface area contributed by atoms with Gasteiger partial charge in [0.1, 0.15) is 6.04 Å². The van der Waals surface area contributed by atoms with Crippen LogP contribution >= 0.6 is 0 Å². The van der Waals surface area contributed by atoms with Crippen molar-refractivity contribution in [3.63, 3.8) is 0 Å². The number of aromatic nitrogens is 2. The summed E-state index contributed by atoms with van der Waals surface area (Å²) in [6.07, 6.45) is 1.51. The van der Waals surface area contributed by atoms with Crippen molar-refractivity contribution in [1.82, 2.24) is 15.1 Å². The van der Waals surface area contributed by atoms with Gasteiger partial charge in [-0.25, -0.2) is 4.68 Å². The lowest BCUT2D eigenvalue weighted by Gasteiger charge is -2.35. The summed E-state index contributed by atoms with van der Waals surface area (Å²) in [5, 5.41) is 6.77. The molecule has 1 fully saturated rings. The van der Waals surface area contributed by atoms with Gasteiger partial charge in [-0.05, 0) is 19.8 Å². The fourth-order valence-corrected chi connectivity index (χ4v) is 2.55. The molecule has 0 saturated carbocycles. The van der Waals surface area contributed by atoms with Crippen LogP contribution in [0.3, 0.4) is 0 Å². The van der Waals surface area contributed by atoms with Crippen molar-refractivity contribution in [1.29, 1.82) is 0 Å². The standard InChI is InChI=1S/C13H21N5O2/c1-4-6-18-13(11(14)8(3)16-18)17-7-10(19)15-12(20)9(17)5-2/h9H,4-7,14H2,1-3H3,(H,15,19,20). The molecule has 2 heterocycles. The smallest absolute Gasteiger partial charge is 0.249 e. The number of piperazine rings is 1. The summed E-state index contributed by atoms with van der Waals surface area (Å²) in [5.74, 6) is 0.102. The number of nitrogens with one attached hydrogen (secondary N) is 1. The molecule has 7 nitrogen and oxygen atoms in total. The summed E-state index contributed by atoms with van der Waals surface area (Å²) < 4.78 is 1.79. The maximum absolute atomic E-state index is 12.0. The lowest BCUT2D eigenvalue weighted by atomic mass is 10.1. The molecule has 2 rings (SSSR count). The Labute approximate surface area is 118 Å². The van der Waals surface area contributed by atoms with Crippen LogP contribution in [0.5, 0.6) is 0 Å². The van der Waals surface area contributed by atoms with Crippen molar-refractivity contribution >= 4 is 23.3 Å². The summed E-state index contributed by atoms with van der Waals surface area (Å²) in [4.78, 5) is 25.4. The first-order valence-corrected chi connectivity index (χ1v) is 6.92. The van der Waals surface area contributed by atoms with Crippen LogP contribution in [-0.2, 0) is 16.1 Å². The lowest BCUT2D eigenvalue weighted by Crippen LogP contribution is -2.58. The Morgan fingerprint density at radius 1 is 1.40 bits per heavy atom. The first kappa shape index (κ1) is 14.4. The normalized spacial score (nSPS) is 19.4. The predicted molar refractivity (Wildman–Crippen MR) is 76.2 cm³/mol. The van der Waals surface area contributed by atoms with Gasteiger partial charge in [0.25, 0.3) is 0 Å². The number of imide groups is 1. The number of nitrogen functional groups attached to an aromatic ring is 1. The van der Waals surface area contributed by atoms with Gasteiger partial charge >= 0.3 is 0 Å². The largest absolute Gasteiger partial charge is 0.394 e. The van der Waals surface area contributed by atoms with Crippen molar-refractivity contribution in [3.05, 3.63) is 5.69 Å². The Hall–Kier alpha value is -2.05. The van der Waals surface area contributed by atoms with Gasteiger partial charge in [-0.1, -0.05) is 13.8 Å². The van der Waals surface area contributed by atoms with Gasteiger partial charge in [-0.3, -0.25) is 14.9 Å². The van der Waals surface area contributed by atoms with Gasteiger partial charge in [0.05, 0.1) is 17.9 Å². The number of rotatable bonds is 4. The van der Waals surface area contributed by atoms with E-state index < -0.39 is 0 Å². The van der Waals surface area contributed by atoms with Crippen molar-refractivity contribution in [3.8, 4) is 0 Å². The summed E-state index contributed by atoms with van der Waals surface area (Å²) in [7, 11) is 0. The summed E-state index contributed by atoms with van der Waals surface area (Å²) in [5.41, 5.74) is 7.37. The van der Waals surface area contributed by atoms with E-state index in [9.17, 15) is 9.59 Å². The second kappa shape index (κ2) is 5.52. The Balaban J connectivity index is 2.46. The van der Waals surface area contributed by atoms with Gasteiger partial charge in [-0.2, -0.15) is 5.10 Å². The average molecular weight is 279 g/mol. The number of anilines is 2. The van der Waals surface area contributed by atoms with Gasteiger partial charge in [0, 0.05) is 6.54 Å². The molecular weight excluding hydrogens is 258 g/mol. The van der Waals surface area contributed by atoms with Crippen LogP contribution < -0.4 is 16.0 Å². The van der Waals surface area contributed by atoms with Crippen LogP contribution in [0.25, 0.3) is 0 Å². The molecule has 0 aromatic carbocycles. The second-order valence-corrected chi connectivity index (χ2v) is 5.01. The van der Waals surface area contributed by atoms with Crippen LogP contribution in [0.4, 0.5) is 11.5 Å². The van der Waals surface area contributed by atoms with E-state index in [4.69, 9.17) is 5.73 Å². The van der Waals surface area contributed by atoms with Crippen molar-refractivity contribution in [2.45, 2.75) is 46.2 Å². The summed E-state index contributed by atoms with van der Waals surface area (Å²) in [6.45, 7) is 6.62. The van der Waals surface area contributed by atoms with Crippen LogP contribution in [0, 0.1) is 6.92 Å². The third-order valence-electron chi connectivity index (χ3n) is 3.50. The van der Waals surface area contributed by atoms with Crippen molar-refractivity contribution < 1.29 is 9.59 Å². The maximum Gasteiger partial charge on any atom is 0.249 e. The zero-order chi connectivity index (χ0) is 14.9. The van der Waals surface area contributed by atoms with Gasteiger partial charge in [-0.15, -0.1) is 0 Å². The number of carbonyl (C=O) groups excluding carboxylic acids is 2. The van der Waals surface area contributed by atoms with Gasteiger partial charge in [0.15, 0.2) is 5.82 Å². The molecule has 2 amide bonds. The minimum Gasteiger partial charge on any atom is -0.394 e. The number of aryl methyl sites for hydroxylation is 2. The topological polar surface area (TPSA) is 93.2 Å². The van der Waals surface area contributed by atoms with E-state index in [1.54, 1.807) is 9.58 Å². The molecule has 7 heteroatoms. The highest BCUT2D eigenvalue weighted by Crippen LogP contribution is 2.30. The predicted octanol–water partition coefficient (Wildman–Crippen LogP) is 0.425. The van der Waals surface area contributed by atoms with E-state index in [1.807, 2.05) is 20.8 Å². The Bertz CT molecular complexity index is 537. The van der Waals surface area contributed by atoms with Gasteiger partial charge in [0.2, 0.25) is 11.8 Å². The van der Waals surface area contributed by atoms with E-state index in [0.717, 1.165) is 12.1 Å². The average Bonchev–Trinajstić information content (AvgIpc) is 2.64. The highest BCUT2D eigenvalue weighted by molar-refractivity contribution is 6.05. The number of carbonyl (C=O) groups is 2. The third kappa shape index (κ3) is 2.35. The zero-order valence-corrected chi connectivity index (χ0v) is 12.1. The number of nitrogens with two attached hydrogens (primary N) is 1. The Morgan fingerprint density at radius 3 is 2.70 bits per heavy atom. The Morgan fingerprint density at radius 2 is 2.10 bits per heavy atom. The molecule has 110 valence electrons. The molecule has 1 saturated heterocycles. The number of hydrogen-bond donors (Lipinski definition) is 2. The molecule has 0 radical (unpaired) electrons. The fraction of sp³-hybridized carbons (Fsp3) is 0.615. The summed E-state index contributed by atoms with van der Waals surface area (Å²) in [6, 6.07) is -0.387. The van der Waals surface area contributed by atoms with E-state index >= 15 is 0 Å². The van der Waals surface area contributed by atoms with Crippen LogP contribution in [0.15, 0.2) is 0 Å². The van der Waals surface area contributed by atoms with Crippen LogP contribution in [0.1, 0.15) is 32.4 Å². The molecule has 1 unspecified atom stereocenters. The summed E-state index contributed by atoms with van der Waals surface area (Å²) >= 11 is 0. The molecule has 20 heavy (non-hydrogen) atoms. The molecule has 1 atom stereocenters. The van der Waals surface area contributed by atoms with E-state index in [2.05, 4.69) is 10.4 Å². The molecule has 1 aromatic heterocycles. The van der Waals surface area contributed by atoms with Crippen molar-refractivity contribution in [2.75, 3.05) is 17.2 Å². The molecule has 0 aliphatic carbocycles. The van der Waals surface area contributed by atoms with E-state index in [1.165, 1.54) is 0 Å². The number of nitrogens with zero attached hydrogens (tertiary/aromatic N) is 3. The molecule has 1 aliphatic heterocycles. The molecule has 0 spiro atoms. The minimum absolute atomic E-state index is 0.128. The minimum atomic E-state index is -0.387. The van der Waals surface area contributed by atoms with Gasteiger partial charge < -0.3 is 10.6 Å². The second-order valence-electron chi connectivity index (χ2n) is 5.01. The van der Waals surface area contributed by atoms with E-state index in [-0.39, 0.29) is 24.4 Å². The van der Waals surface area contributed by atoms with Crippen molar-refractivity contribution in [2.24, 2.45) is 0 Å². The molecule has 0 bridgehead atoms. The van der Waals surface area contributed by atoms with Crippen LogP contribution in [0.2, 0.25) is 0 Å². The number of hydrogen-bond acceptors (Lipinski definition) is 5. The Kier molecular flexibility index (Phi) is 3.96. The zero-order valence-electron chi connectivity index (χ0n) is 12.1. The lowest BCUT2D eigenvalue weighted by molar-refractivity contribution is -0.132. The molecule has 3 N–H and O–H groups in total. The first-order chi connectivity index (χ1) is 9.49. The number of amides is 2. The van der Waals surface area contributed by atoms with Crippen LogP contribution in [-0.4, -0.2) is 34.2 Å². The quantitative estimate of drug-likeness (QED) is 0.779. The third-order valence-corrected chi connectivity index (χ3v) is 3.50.